The van der Waals surface area contributed by atoms with Gasteiger partial charge in [0.1, 0.15) is 0 Å². The minimum atomic E-state index is 0.751. The minimum absolute atomic E-state index is 0.751. The average molecular weight is 220 g/mol. The van der Waals surface area contributed by atoms with Crippen LogP contribution in [0.15, 0.2) is 24.3 Å². The maximum Gasteiger partial charge on any atom is 0.0495 e. The molecule has 1 aromatic rings. The molecule has 3 nitrogen and oxygen atoms in total. The fraction of sp³-hybridized carbons (Fsp3) is 0.538. The lowest BCUT2D eigenvalue weighted by Crippen LogP contribution is -2.18. The molecule has 1 aliphatic heterocycles. The Balaban J connectivity index is 1.66. The van der Waals surface area contributed by atoms with Crippen LogP contribution in [0.25, 0.3) is 0 Å². The molecule has 0 aromatic heterocycles. The standard InChI is InChI=1S/C13H20N2O/c14-13-4-2-1-3-12(13)9-15-7-5-11-6-8-16-10-11/h1-4,11,15H,5-10,14H2. The molecule has 1 unspecified atom stereocenters. The maximum atomic E-state index is 5.86. The number of nitrogens with two attached hydrogens (primary N) is 1. The van der Waals surface area contributed by atoms with E-state index in [0.29, 0.717) is 0 Å². The van der Waals surface area contributed by atoms with Crippen molar-refractivity contribution in [3.8, 4) is 0 Å². The van der Waals surface area contributed by atoms with Crippen molar-refractivity contribution in [1.82, 2.24) is 5.32 Å². The fourth-order valence-electron chi connectivity index (χ4n) is 2.04. The first-order valence-corrected chi connectivity index (χ1v) is 5.98. The lowest BCUT2D eigenvalue weighted by Gasteiger charge is -2.09. The molecule has 1 aliphatic rings. The number of ether oxygens (including phenoxy) is 1. The van der Waals surface area contributed by atoms with Crippen LogP contribution in [0.2, 0.25) is 0 Å². The molecule has 1 aromatic carbocycles. The van der Waals surface area contributed by atoms with Gasteiger partial charge in [-0.3, -0.25) is 0 Å². The third kappa shape index (κ3) is 3.22. The van der Waals surface area contributed by atoms with E-state index in [1.807, 2.05) is 18.2 Å². The SMILES string of the molecule is Nc1ccccc1CNCCC1CCOC1. The molecule has 0 radical (unpaired) electrons. The van der Waals surface area contributed by atoms with E-state index < -0.39 is 0 Å². The largest absolute Gasteiger partial charge is 0.398 e. The minimum Gasteiger partial charge on any atom is -0.398 e. The molecular weight excluding hydrogens is 200 g/mol. The number of anilines is 1. The van der Waals surface area contributed by atoms with Gasteiger partial charge < -0.3 is 15.8 Å². The zero-order valence-corrected chi connectivity index (χ0v) is 9.61. The molecule has 0 aliphatic carbocycles. The Morgan fingerprint density at radius 3 is 3.00 bits per heavy atom. The van der Waals surface area contributed by atoms with Crippen molar-refractivity contribution in [2.24, 2.45) is 5.92 Å². The third-order valence-corrected chi connectivity index (χ3v) is 3.12. The summed E-state index contributed by atoms with van der Waals surface area (Å²) in [5.41, 5.74) is 7.92. The molecule has 1 saturated heterocycles. The number of hydrogen-bond donors (Lipinski definition) is 2. The molecule has 2 rings (SSSR count). The van der Waals surface area contributed by atoms with Crippen molar-refractivity contribution in [2.45, 2.75) is 19.4 Å². The Hall–Kier alpha value is -1.06. The van der Waals surface area contributed by atoms with Crippen LogP contribution in [0, 0.1) is 5.92 Å². The van der Waals surface area contributed by atoms with Gasteiger partial charge in [0.05, 0.1) is 0 Å². The Morgan fingerprint density at radius 1 is 1.38 bits per heavy atom. The highest BCUT2D eigenvalue weighted by atomic mass is 16.5. The van der Waals surface area contributed by atoms with E-state index in [-0.39, 0.29) is 0 Å². The Labute approximate surface area is 97.0 Å². The second-order valence-electron chi connectivity index (χ2n) is 4.39. The van der Waals surface area contributed by atoms with Gasteiger partial charge in [-0.05, 0) is 36.9 Å². The van der Waals surface area contributed by atoms with Gasteiger partial charge in [0.15, 0.2) is 0 Å². The summed E-state index contributed by atoms with van der Waals surface area (Å²) in [6, 6.07) is 8.01. The van der Waals surface area contributed by atoms with Gasteiger partial charge in [-0.1, -0.05) is 18.2 Å². The van der Waals surface area contributed by atoms with Crippen LogP contribution in [-0.4, -0.2) is 19.8 Å². The van der Waals surface area contributed by atoms with Crippen LogP contribution in [0.1, 0.15) is 18.4 Å². The summed E-state index contributed by atoms with van der Waals surface area (Å²) in [6.07, 6.45) is 2.42. The summed E-state index contributed by atoms with van der Waals surface area (Å²) >= 11 is 0. The van der Waals surface area contributed by atoms with Crippen LogP contribution in [-0.2, 0) is 11.3 Å². The normalized spacial score (nSPS) is 20.1. The van der Waals surface area contributed by atoms with E-state index in [0.717, 1.165) is 37.9 Å². The summed E-state index contributed by atoms with van der Waals surface area (Å²) in [6.45, 7) is 3.79. The smallest absolute Gasteiger partial charge is 0.0495 e. The van der Waals surface area contributed by atoms with E-state index in [4.69, 9.17) is 10.5 Å². The first-order valence-electron chi connectivity index (χ1n) is 5.98. The van der Waals surface area contributed by atoms with Crippen molar-refractivity contribution in [3.63, 3.8) is 0 Å². The van der Waals surface area contributed by atoms with E-state index in [2.05, 4.69) is 11.4 Å². The zero-order valence-electron chi connectivity index (χ0n) is 9.61. The maximum absolute atomic E-state index is 5.86. The molecule has 1 fully saturated rings. The van der Waals surface area contributed by atoms with Crippen molar-refractivity contribution in [1.29, 1.82) is 0 Å². The summed E-state index contributed by atoms with van der Waals surface area (Å²) < 4.78 is 5.34. The molecule has 1 heterocycles. The monoisotopic (exact) mass is 220 g/mol. The molecule has 88 valence electrons. The van der Waals surface area contributed by atoms with Gasteiger partial charge in [0.2, 0.25) is 0 Å². The Bertz CT molecular complexity index is 321. The highest BCUT2D eigenvalue weighted by Crippen LogP contribution is 2.15. The molecule has 0 spiro atoms. The van der Waals surface area contributed by atoms with Gasteiger partial charge in [-0.15, -0.1) is 0 Å². The molecule has 0 bridgehead atoms. The number of hydrogen-bond acceptors (Lipinski definition) is 3. The lowest BCUT2D eigenvalue weighted by atomic mass is 10.1. The van der Waals surface area contributed by atoms with Gasteiger partial charge in [-0.2, -0.15) is 0 Å². The fourth-order valence-corrected chi connectivity index (χ4v) is 2.04. The number of para-hydroxylation sites is 1. The van der Waals surface area contributed by atoms with E-state index >= 15 is 0 Å². The zero-order chi connectivity index (χ0) is 11.2. The first kappa shape index (κ1) is 11.4. The van der Waals surface area contributed by atoms with Gasteiger partial charge >= 0.3 is 0 Å². The van der Waals surface area contributed by atoms with Crippen LogP contribution >= 0.6 is 0 Å². The van der Waals surface area contributed by atoms with Crippen molar-refractivity contribution >= 4 is 5.69 Å². The van der Waals surface area contributed by atoms with Crippen molar-refractivity contribution in [2.75, 3.05) is 25.5 Å². The van der Waals surface area contributed by atoms with E-state index in [1.54, 1.807) is 0 Å². The summed E-state index contributed by atoms with van der Waals surface area (Å²) in [7, 11) is 0. The van der Waals surface area contributed by atoms with Crippen LogP contribution in [0.3, 0.4) is 0 Å². The predicted molar refractivity (Wildman–Crippen MR) is 66.1 cm³/mol. The van der Waals surface area contributed by atoms with Gasteiger partial charge in [-0.25, -0.2) is 0 Å². The third-order valence-electron chi connectivity index (χ3n) is 3.12. The second kappa shape index (κ2) is 5.87. The van der Waals surface area contributed by atoms with Gasteiger partial charge in [0, 0.05) is 25.4 Å². The highest BCUT2D eigenvalue weighted by molar-refractivity contribution is 5.46. The molecule has 16 heavy (non-hydrogen) atoms. The Morgan fingerprint density at radius 2 is 2.25 bits per heavy atom. The van der Waals surface area contributed by atoms with Crippen molar-refractivity contribution in [3.05, 3.63) is 29.8 Å². The van der Waals surface area contributed by atoms with Crippen molar-refractivity contribution < 1.29 is 4.74 Å². The topological polar surface area (TPSA) is 47.3 Å². The quantitative estimate of drug-likeness (QED) is 0.587. The number of nitrogens with one attached hydrogen (secondary N) is 1. The van der Waals surface area contributed by atoms with E-state index in [1.165, 1.54) is 18.4 Å². The molecule has 3 heteroatoms. The lowest BCUT2D eigenvalue weighted by molar-refractivity contribution is 0.184. The van der Waals surface area contributed by atoms with Crippen LogP contribution in [0.4, 0.5) is 5.69 Å². The van der Waals surface area contributed by atoms with Crippen LogP contribution < -0.4 is 11.1 Å². The van der Waals surface area contributed by atoms with E-state index in [9.17, 15) is 0 Å². The highest BCUT2D eigenvalue weighted by Gasteiger charge is 2.14. The van der Waals surface area contributed by atoms with Crippen LogP contribution in [0.5, 0.6) is 0 Å². The summed E-state index contributed by atoms with van der Waals surface area (Å²) in [5, 5.41) is 3.43. The van der Waals surface area contributed by atoms with Gasteiger partial charge in [0.25, 0.3) is 0 Å². The number of benzene rings is 1. The molecular formula is C13H20N2O. The predicted octanol–water partition coefficient (Wildman–Crippen LogP) is 1.78. The summed E-state index contributed by atoms with van der Waals surface area (Å²) in [5.74, 6) is 0.751. The number of rotatable bonds is 5. The summed E-state index contributed by atoms with van der Waals surface area (Å²) in [4.78, 5) is 0. The molecule has 1 atom stereocenters. The molecule has 0 saturated carbocycles. The first-order chi connectivity index (χ1) is 7.86. The number of nitrogen functional groups attached to an aromatic ring is 1. The Kier molecular flexibility index (Phi) is 4.19. The molecule has 3 N–H and O–H groups in total. The average Bonchev–Trinajstić information content (AvgIpc) is 2.79. The second-order valence-corrected chi connectivity index (χ2v) is 4.39. The molecule has 0 amide bonds.